The highest BCUT2D eigenvalue weighted by molar-refractivity contribution is 7.89. The zero-order chi connectivity index (χ0) is 72.6. The lowest BCUT2D eigenvalue weighted by Gasteiger charge is -2.23. The first kappa shape index (κ1) is 86.2. The number of halogens is 4. The fourth-order valence-corrected chi connectivity index (χ4v) is 12.4. The topological polar surface area (TPSA) is 407 Å². The highest BCUT2D eigenvalue weighted by Gasteiger charge is 2.28. The molecule has 100 heavy (non-hydrogen) atoms. The van der Waals surface area contributed by atoms with Gasteiger partial charge in [0.1, 0.15) is 23.7 Å². The standard InChI is InChI=1S/C64H92Cl4N10O20S2/c65-49-37-47(38-50(66)41-49)53(43-61(81)82)77-63(85)55(75-59(79)13-3-7-17-71-57-11-1-5-15-69-57)45-97-33-31-95-29-27-93-25-23-91-21-19-73-99(87,88)35-9-10-36-100(89,90)74-20-22-92-24-26-94-28-30-96-32-34-98-46-56(76-60(80)14-4-8-18-72-58-12-2-6-16-70-58)64(86)78-54(44-62(83)84)48-39-51(67)42-52(68)40-48/h1-2,5-6,11-12,15-16,37-42,53-56,73-74H,3-4,7-10,13-14,17-36,43-46H2,(H,69,71)(H,70,72)(H,75,79)(H,76,80)(H,77,85)(H,78,86)(H,81,82)(H,83,84)/t53?,54?,55-,56-/m0/s1. The number of carboxylic acid groups (broad SMARTS) is 2. The number of sulfonamides is 2. The molecule has 0 saturated heterocycles. The lowest BCUT2D eigenvalue weighted by molar-refractivity contribution is -0.139. The molecule has 2 unspecified atom stereocenters. The summed E-state index contributed by atoms with van der Waals surface area (Å²) >= 11 is 24.7. The number of ether oxygens (including phenoxy) is 8. The van der Waals surface area contributed by atoms with Gasteiger partial charge in [0, 0.05) is 71.5 Å². The van der Waals surface area contributed by atoms with E-state index in [0.29, 0.717) is 61.5 Å². The van der Waals surface area contributed by atoms with Gasteiger partial charge in [0.15, 0.2) is 0 Å². The third-order valence-corrected chi connectivity index (χ3v) is 17.7. The Kier molecular flexibility index (Phi) is 44.0. The second-order valence-corrected chi connectivity index (χ2v) is 27.7. The Balaban J connectivity index is 0.986. The second kappa shape index (κ2) is 51.0. The van der Waals surface area contributed by atoms with Crippen molar-refractivity contribution >= 4 is 114 Å². The number of unbranched alkanes of at least 4 members (excludes halogenated alkanes) is 3. The van der Waals surface area contributed by atoms with Crippen molar-refractivity contribution in [2.24, 2.45) is 0 Å². The number of aliphatic carboxylic acids is 2. The number of carbonyl (C=O) groups excluding carboxylic acids is 4. The van der Waals surface area contributed by atoms with Gasteiger partial charge in [-0.15, -0.1) is 0 Å². The van der Waals surface area contributed by atoms with Gasteiger partial charge in [-0.1, -0.05) is 58.5 Å². The number of aromatic nitrogens is 2. The van der Waals surface area contributed by atoms with Gasteiger partial charge in [-0.2, -0.15) is 0 Å². The van der Waals surface area contributed by atoms with Crippen LogP contribution in [0, 0.1) is 0 Å². The molecule has 0 saturated carbocycles. The maximum atomic E-state index is 13.6. The number of rotatable bonds is 59. The van der Waals surface area contributed by atoms with Crippen LogP contribution >= 0.6 is 46.4 Å². The quantitative estimate of drug-likeness (QED) is 0.0249. The number of carboxylic acids is 2. The van der Waals surface area contributed by atoms with Crippen molar-refractivity contribution < 1.29 is 93.7 Å². The van der Waals surface area contributed by atoms with Gasteiger partial charge in [-0.05, 0) is 110 Å². The predicted molar refractivity (Wildman–Crippen MR) is 376 cm³/mol. The Morgan fingerprint density at radius 3 is 1.06 bits per heavy atom. The van der Waals surface area contributed by atoms with E-state index in [1.807, 2.05) is 24.3 Å². The summed E-state index contributed by atoms with van der Waals surface area (Å²) in [6.45, 7) is 2.57. The first-order valence-electron chi connectivity index (χ1n) is 32.5. The molecule has 0 bridgehead atoms. The first-order chi connectivity index (χ1) is 48.1. The number of amides is 4. The van der Waals surface area contributed by atoms with Crippen LogP contribution in [0.4, 0.5) is 11.6 Å². The summed E-state index contributed by atoms with van der Waals surface area (Å²) in [7, 11) is -7.40. The third kappa shape index (κ3) is 41.7. The summed E-state index contributed by atoms with van der Waals surface area (Å²) in [5.74, 6) is -3.72. The molecule has 2 aromatic carbocycles. The van der Waals surface area contributed by atoms with Crippen LogP contribution < -0.4 is 41.3 Å². The molecule has 0 spiro atoms. The summed E-state index contributed by atoms with van der Waals surface area (Å²) in [5.41, 5.74) is 0.721. The van der Waals surface area contributed by atoms with Gasteiger partial charge in [0.05, 0.1) is 142 Å². The van der Waals surface area contributed by atoms with Crippen molar-refractivity contribution in [1.29, 1.82) is 0 Å². The molecule has 10 N–H and O–H groups in total. The maximum absolute atomic E-state index is 13.6. The third-order valence-electron chi connectivity index (χ3n) is 13.9. The Bertz CT molecular complexity index is 3020. The zero-order valence-corrected chi connectivity index (χ0v) is 60.1. The normalized spacial score (nSPS) is 12.8. The van der Waals surface area contributed by atoms with Gasteiger partial charge in [0.2, 0.25) is 43.7 Å². The Labute approximate surface area is 603 Å². The average Bonchev–Trinajstić information content (AvgIpc) is 0.863. The number of hydrogen-bond donors (Lipinski definition) is 10. The monoisotopic (exact) mass is 1520 g/mol. The second-order valence-electron chi connectivity index (χ2n) is 22.1. The molecule has 0 aliphatic heterocycles. The van der Waals surface area contributed by atoms with Crippen molar-refractivity contribution in [2.75, 3.05) is 154 Å². The van der Waals surface area contributed by atoms with E-state index in [0.717, 1.165) is 0 Å². The number of pyridine rings is 2. The zero-order valence-electron chi connectivity index (χ0n) is 55.5. The lowest BCUT2D eigenvalue weighted by Crippen LogP contribution is -2.50. The summed E-state index contributed by atoms with van der Waals surface area (Å²) in [5, 5.41) is 37.3. The van der Waals surface area contributed by atoms with Crippen molar-refractivity contribution in [3.8, 4) is 0 Å². The first-order valence-corrected chi connectivity index (χ1v) is 37.3. The molecule has 0 aliphatic carbocycles. The van der Waals surface area contributed by atoms with Crippen molar-refractivity contribution in [3.63, 3.8) is 0 Å². The predicted octanol–water partition coefficient (Wildman–Crippen LogP) is 5.34. The number of benzene rings is 2. The van der Waals surface area contributed by atoms with Crippen LogP contribution in [-0.2, 0) is 86.7 Å². The van der Waals surface area contributed by atoms with E-state index in [1.165, 1.54) is 36.4 Å². The molecule has 0 radical (unpaired) electrons. The molecular formula is C64H92Cl4N10O20S2. The number of nitrogens with zero attached hydrogens (tertiary/aromatic N) is 2. The van der Waals surface area contributed by atoms with E-state index in [4.69, 9.17) is 84.3 Å². The Morgan fingerprint density at radius 2 is 0.740 bits per heavy atom. The SMILES string of the molecule is O=C(O)CC(NC(=O)[C@H](COCCOCCOCCOCCNS(=O)(=O)CCCCS(=O)(=O)NCCOCCOCCOCCOC[C@H](NC(=O)CCCCNc1ccccn1)C(=O)NC(CC(=O)O)c1cc(Cl)cc(Cl)c1)NC(=O)CCCCNc1ccccn1)c1cc(Cl)cc(Cl)c1. The van der Waals surface area contributed by atoms with E-state index < -0.39 is 92.6 Å². The minimum Gasteiger partial charge on any atom is -0.481 e. The van der Waals surface area contributed by atoms with Crippen molar-refractivity contribution in [3.05, 3.63) is 116 Å². The Hall–Kier alpha value is -6.18. The molecule has 0 aliphatic rings. The molecule has 0 fully saturated rings. The van der Waals surface area contributed by atoms with Gasteiger partial charge < -0.3 is 80.0 Å². The van der Waals surface area contributed by atoms with Crippen LogP contribution in [0.25, 0.3) is 0 Å². The van der Waals surface area contributed by atoms with Crippen LogP contribution in [0.15, 0.2) is 85.2 Å². The molecule has 4 aromatic rings. The fourth-order valence-electron chi connectivity index (χ4n) is 9.03. The highest BCUT2D eigenvalue weighted by Crippen LogP contribution is 2.27. The largest absolute Gasteiger partial charge is 0.481 e. The van der Waals surface area contributed by atoms with Crippen LogP contribution in [-0.4, -0.2) is 228 Å². The molecule has 36 heteroatoms. The summed E-state index contributed by atoms with van der Waals surface area (Å²) in [4.78, 5) is 85.1. The van der Waals surface area contributed by atoms with Crippen molar-refractivity contribution in [1.82, 2.24) is 40.7 Å². The molecule has 4 amide bonds. The molecular weight excluding hydrogens is 1430 g/mol. The Morgan fingerprint density at radius 1 is 0.410 bits per heavy atom. The summed E-state index contributed by atoms with van der Waals surface area (Å²) in [6, 6.07) is 15.5. The van der Waals surface area contributed by atoms with Crippen LogP contribution in [0.1, 0.15) is 87.4 Å². The van der Waals surface area contributed by atoms with Gasteiger partial charge >= 0.3 is 11.9 Å². The van der Waals surface area contributed by atoms with Crippen LogP contribution in [0.2, 0.25) is 20.1 Å². The maximum Gasteiger partial charge on any atom is 0.305 e. The van der Waals surface area contributed by atoms with Crippen LogP contribution in [0.5, 0.6) is 0 Å². The van der Waals surface area contributed by atoms with Crippen LogP contribution in [0.3, 0.4) is 0 Å². The van der Waals surface area contributed by atoms with Gasteiger partial charge in [-0.3, -0.25) is 28.8 Å². The molecule has 2 heterocycles. The van der Waals surface area contributed by atoms with Crippen molar-refractivity contribution in [2.45, 2.75) is 88.4 Å². The summed E-state index contributed by atoms with van der Waals surface area (Å²) < 4.78 is 99.2. The number of carbonyl (C=O) groups is 6. The number of anilines is 2. The van der Waals surface area contributed by atoms with E-state index in [1.54, 1.807) is 24.5 Å². The van der Waals surface area contributed by atoms with Gasteiger partial charge in [-0.25, -0.2) is 36.2 Å². The minimum absolute atomic E-state index is 0.00709. The average molecular weight is 1530 g/mol. The number of hydrogen-bond acceptors (Lipinski definition) is 22. The molecule has 30 nitrogen and oxygen atoms in total. The number of nitrogens with one attached hydrogen (secondary N) is 8. The van der Waals surface area contributed by atoms with E-state index in [-0.39, 0.29) is 176 Å². The lowest BCUT2D eigenvalue weighted by atomic mass is 10.0. The minimum atomic E-state index is -3.70. The fraction of sp³-hybridized carbons (Fsp3) is 0.562. The van der Waals surface area contributed by atoms with E-state index >= 15 is 0 Å². The summed E-state index contributed by atoms with van der Waals surface area (Å²) in [6.07, 6.45) is 5.07. The van der Waals surface area contributed by atoms with Gasteiger partial charge in [0.25, 0.3) is 0 Å². The molecule has 4 atom stereocenters. The van der Waals surface area contributed by atoms with E-state index in [2.05, 4.69) is 51.3 Å². The molecule has 558 valence electrons. The smallest absolute Gasteiger partial charge is 0.305 e. The molecule has 2 aromatic heterocycles. The highest BCUT2D eigenvalue weighted by atomic mass is 35.5. The molecule has 4 rings (SSSR count). The van der Waals surface area contributed by atoms with E-state index in [9.17, 15) is 55.8 Å².